The number of methoxy groups -OCH3 is 3. The van der Waals surface area contributed by atoms with Crippen molar-refractivity contribution in [2.45, 2.75) is 30.6 Å². The number of rotatable bonds is 10. The monoisotopic (exact) mass is 386 g/mol. The molecule has 0 aliphatic carbocycles. The van der Waals surface area contributed by atoms with Crippen LogP contribution < -0.4 is 9.47 Å². The van der Waals surface area contributed by atoms with Crippen molar-refractivity contribution < 1.29 is 19.0 Å². The van der Waals surface area contributed by atoms with Crippen molar-refractivity contribution in [2.75, 3.05) is 21.3 Å². The van der Waals surface area contributed by atoms with Crippen molar-refractivity contribution in [1.82, 2.24) is 0 Å². The molecular formula is C22H26O4S. The Bertz CT molecular complexity index is 756. The largest absolute Gasteiger partial charge is 0.493 e. The summed E-state index contributed by atoms with van der Waals surface area (Å²) >= 11 is 1.55. The van der Waals surface area contributed by atoms with Gasteiger partial charge in [-0.3, -0.25) is 0 Å². The maximum atomic E-state index is 11.7. The summed E-state index contributed by atoms with van der Waals surface area (Å²) in [7, 11) is 4.62. The standard InChI is InChI=1S/C22H26O4S/c1-24-20-14-13-19(15-21(20)25-2)27-18(16-22(23)26-3)12-8-7-11-17-9-5-4-6-10-17/h4-6,9-10,13-16H,7-8,11-12H2,1-3H3/b18-16-. The van der Waals surface area contributed by atoms with Crippen molar-refractivity contribution in [3.8, 4) is 11.5 Å². The maximum absolute atomic E-state index is 11.7. The van der Waals surface area contributed by atoms with E-state index in [1.165, 1.54) is 12.7 Å². The quantitative estimate of drug-likeness (QED) is 0.241. The molecule has 27 heavy (non-hydrogen) atoms. The lowest BCUT2D eigenvalue weighted by atomic mass is 10.1. The number of aryl methyl sites for hydroxylation is 1. The Morgan fingerprint density at radius 1 is 0.963 bits per heavy atom. The van der Waals surface area contributed by atoms with Gasteiger partial charge in [0.1, 0.15) is 0 Å². The first kappa shape index (κ1) is 20.9. The third-order valence-electron chi connectivity index (χ3n) is 4.07. The van der Waals surface area contributed by atoms with Gasteiger partial charge in [0.05, 0.1) is 21.3 Å². The number of allylic oxidation sites excluding steroid dienone is 1. The maximum Gasteiger partial charge on any atom is 0.331 e. The predicted molar refractivity (Wildman–Crippen MR) is 109 cm³/mol. The fraction of sp³-hybridized carbons (Fsp3) is 0.318. The molecule has 0 aliphatic heterocycles. The molecule has 0 bridgehead atoms. The zero-order valence-electron chi connectivity index (χ0n) is 16.1. The molecule has 144 valence electrons. The van der Waals surface area contributed by atoms with Gasteiger partial charge in [-0.05, 0) is 54.4 Å². The summed E-state index contributed by atoms with van der Waals surface area (Å²) < 4.78 is 15.4. The lowest BCUT2D eigenvalue weighted by Gasteiger charge is -2.11. The van der Waals surface area contributed by atoms with Crippen molar-refractivity contribution in [2.24, 2.45) is 0 Å². The topological polar surface area (TPSA) is 44.8 Å². The van der Waals surface area contributed by atoms with Gasteiger partial charge in [0.15, 0.2) is 11.5 Å². The Balaban J connectivity index is 1.99. The molecule has 0 N–H and O–H groups in total. The summed E-state index contributed by atoms with van der Waals surface area (Å²) in [5.41, 5.74) is 1.34. The van der Waals surface area contributed by atoms with Crippen LogP contribution in [0.5, 0.6) is 11.5 Å². The number of benzene rings is 2. The van der Waals surface area contributed by atoms with Crippen molar-refractivity contribution in [3.05, 3.63) is 65.1 Å². The van der Waals surface area contributed by atoms with Gasteiger partial charge < -0.3 is 14.2 Å². The van der Waals surface area contributed by atoms with E-state index in [9.17, 15) is 4.79 Å². The fourth-order valence-electron chi connectivity index (χ4n) is 2.65. The van der Waals surface area contributed by atoms with E-state index >= 15 is 0 Å². The van der Waals surface area contributed by atoms with Crippen LogP contribution in [0.25, 0.3) is 0 Å². The number of carbonyl (C=O) groups is 1. The van der Waals surface area contributed by atoms with E-state index in [2.05, 4.69) is 24.3 Å². The van der Waals surface area contributed by atoms with E-state index in [1.54, 1.807) is 32.1 Å². The predicted octanol–water partition coefficient (Wildman–Crippen LogP) is 5.27. The Labute approximate surface area is 165 Å². The van der Waals surface area contributed by atoms with Gasteiger partial charge in [-0.2, -0.15) is 0 Å². The van der Waals surface area contributed by atoms with E-state index in [-0.39, 0.29) is 5.97 Å². The van der Waals surface area contributed by atoms with Gasteiger partial charge in [0.25, 0.3) is 0 Å². The molecule has 0 spiro atoms. The minimum atomic E-state index is -0.332. The number of hydrogen-bond donors (Lipinski definition) is 0. The normalized spacial score (nSPS) is 11.1. The van der Waals surface area contributed by atoms with E-state index in [0.29, 0.717) is 11.5 Å². The molecule has 5 heteroatoms. The Morgan fingerprint density at radius 3 is 2.37 bits per heavy atom. The van der Waals surface area contributed by atoms with Crippen LogP contribution in [0.1, 0.15) is 24.8 Å². The van der Waals surface area contributed by atoms with Crippen LogP contribution in [0.4, 0.5) is 0 Å². The first-order valence-electron chi connectivity index (χ1n) is 8.88. The van der Waals surface area contributed by atoms with Crippen LogP contribution in [0, 0.1) is 0 Å². The van der Waals surface area contributed by atoms with Crippen LogP contribution in [0.3, 0.4) is 0 Å². The minimum Gasteiger partial charge on any atom is -0.493 e. The summed E-state index contributed by atoms with van der Waals surface area (Å²) in [5, 5.41) is 0. The highest BCUT2D eigenvalue weighted by Crippen LogP contribution is 2.36. The molecule has 2 rings (SSSR count). The van der Waals surface area contributed by atoms with E-state index in [4.69, 9.17) is 14.2 Å². The number of carbonyl (C=O) groups excluding carboxylic acids is 1. The molecule has 0 fully saturated rings. The minimum absolute atomic E-state index is 0.332. The zero-order chi connectivity index (χ0) is 19.5. The molecule has 0 amide bonds. The summed E-state index contributed by atoms with van der Waals surface area (Å²) in [4.78, 5) is 13.7. The lowest BCUT2D eigenvalue weighted by molar-refractivity contribution is -0.134. The third kappa shape index (κ3) is 7.02. The third-order valence-corrected chi connectivity index (χ3v) is 5.14. The van der Waals surface area contributed by atoms with Crippen LogP contribution in [-0.4, -0.2) is 27.3 Å². The molecule has 0 saturated heterocycles. The molecule has 2 aromatic carbocycles. The second-order valence-electron chi connectivity index (χ2n) is 5.95. The van der Waals surface area contributed by atoms with Crippen LogP contribution in [0.15, 0.2) is 64.4 Å². The Hall–Kier alpha value is -2.40. The van der Waals surface area contributed by atoms with Gasteiger partial charge >= 0.3 is 5.97 Å². The summed E-state index contributed by atoms with van der Waals surface area (Å²) in [6.45, 7) is 0. The molecule has 2 aromatic rings. The molecule has 0 heterocycles. The lowest BCUT2D eigenvalue weighted by Crippen LogP contribution is -1.97. The first-order chi connectivity index (χ1) is 13.2. The summed E-state index contributed by atoms with van der Waals surface area (Å²) in [6.07, 6.45) is 5.49. The molecule has 0 radical (unpaired) electrons. The van der Waals surface area contributed by atoms with Crippen molar-refractivity contribution >= 4 is 17.7 Å². The molecule has 4 nitrogen and oxygen atoms in total. The molecule has 0 aliphatic rings. The van der Waals surface area contributed by atoms with Gasteiger partial charge in [0.2, 0.25) is 0 Å². The Morgan fingerprint density at radius 2 is 1.70 bits per heavy atom. The highest BCUT2D eigenvalue weighted by atomic mass is 32.2. The summed E-state index contributed by atoms with van der Waals surface area (Å²) in [5.74, 6) is 1.02. The van der Waals surface area contributed by atoms with Crippen molar-refractivity contribution in [1.29, 1.82) is 0 Å². The first-order valence-corrected chi connectivity index (χ1v) is 9.70. The Kier molecular flexibility index (Phi) is 8.78. The average Bonchev–Trinajstić information content (AvgIpc) is 2.71. The molecule has 0 saturated carbocycles. The second kappa shape index (κ2) is 11.3. The number of esters is 1. The summed E-state index contributed by atoms with van der Waals surface area (Å²) in [6, 6.07) is 16.2. The van der Waals surface area contributed by atoms with Gasteiger partial charge in [-0.1, -0.05) is 42.1 Å². The van der Waals surface area contributed by atoms with Crippen LogP contribution in [-0.2, 0) is 16.0 Å². The molecule has 0 aromatic heterocycles. The van der Waals surface area contributed by atoms with Crippen LogP contribution in [0.2, 0.25) is 0 Å². The van der Waals surface area contributed by atoms with E-state index in [1.807, 2.05) is 24.3 Å². The van der Waals surface area contributed by atoms with Crippen LogP contribution >= 0.6 is 11.8 Å². The zero-order valence-corrected chi connectivity index (χ0v) is 16.9. The number of thioether (sulfide) groups is 1. The van der Waals surface area contributed by atoms with Crippen molar-refractivity contribution in [3.63, 3.8) is 0 Å². The SMILES string of the molecule is COC(=O)/C=C(/CCCCc1ccccc1)Sc1ccc(OC)c(OC)c1. The van der Waals surface area contributed by atoms with Gasteiger partial charge in [0, 0.05) is 11.0 Å². The molecule has 0 atom stereocenters. The second-order valence-corrected chi connectivity index (χ2v) is 7.15. The van der Waals surface area contributed by atoms with Gasteiger partial charge in [-0.25, -0.2) is 4.79 Å². The van der Waals surface area contributed by atoms with E-state index < -0.39 is 0 Å². The van der Waals surface area contributed by atoms with Gasteiger partial charge in [-0.15, -0.1) is 0 Å². The van der Waals surface area contributed by atoms with E-state index in [0.717, 1.165) is 35.5 Å². The highest BCUT2D eigenvalue weighted by Gasteiger charge is 2.09. The molecule has 0 unspecified atom stereocenters. The highest BCUT2D eigenvalue weighted by molar-refractivity contribution is 8.03. The number of unbranched alkanes of at least 4 members (excludes halogenated alkanes) is 1. The number of hydrogen-bond acceptors (Lipinski definition) is 5. The smallest absolute Gasteiger partial charge is 0.331 e. The molecular weight excluding hydrogens is 360 g/mol. The average molecular weight is 387 g/mol. The number of ether oxygens (including phenoxy) is 3. The fourth-order valence-corrected chi connectivity index (χ4v) is 3.65.